The van der Waals surface area contributed by atoms with E-state index in [0.717, 1.165) is 13.1 Å². The van der Waals surface area contributed by atoms with E-state index >= 15 is 0 Å². The Balaban J connectivity index is 1.18. The lowest BCUT2D eigenvalue weighted by atomic mass is 9.94. The average molecular weight is 495 g/mol. The van der Waals surface area contributed by atoms with E-state index in [1.54, 1.807) is 29.3 Å². The molecule has 192 valence electrons. The van der Waals surface area contributed by atoms with Gasteiger partial charge in [0.15, 0.2) is 0 Å². The van der Waals surface area contributed by atoms with Crippen LogP contribution in [0, 0.1) is 0 Å². The zero-order chi connectivity index (χ0) is 24.9. The van der Waals surface area contributed by atoms with E-state index in [9.17, 15) is 14.7 Å². The molecule has 0 aliphatic carbocycles. The van der Waals surface area contributed by atoms with Crippen molar-refractivity contribution in [1.29, 1.82) is 0 Å². The van der Waals surface area contributed by atoms with Crippen LogP contribution in [-0.4, -0.2) is 102 Å². The summed E-state index contributed by atoms with van der Waals surface area (Å²) in [4.78, 5) is 36.5. The minimum atomic E-state index is -0.771. The molecular weight excluding hydrogens is 460 g/mol. The molecule has 0 bridgehead atoms. The summed E-state index contributed by atoms with van der Waals surface area (Å²) in [5.74, 6) is -0.115. The average Bonchev–Trinajstić information content (AvgIpc) is 2.92. The van der Waals surface area contributed by atoms with E-state index < -0.39 is 6.10 Å². The molecule has 1 N–H and O–H groups in total. The number of piperazine rings is 1. The van der Waals surface area contributed by atoms with Crippen LogP contribution >= 0.6 is 0 Å². The monoisotopic (exact) mass is 494 g/mol. The molecule has 2 aromatic rings. The number of hydrogen-bond donors (Lipinski definition) is 1. The number of aliphatic hydroxyl groups excluding tert-OH is 1. The first kappa shape index (κ1) is 24.7. The van der Waals surface area contributed by atoms with Gasteiger partial charge in [0.05, 0.1) is 37.9 Å². The first-order valence-electron chi connectivity index (χ1n) is 12.8. The zero-order valence-electron chi connectivity index (χ0n) is 20.4. The molecule has 2 amide bonds. The van der Waals surface area contributed by atoms with Gasteiger partial charge in [0.25, 0.3) is 5.91 Å². The van der Waals surface area contributed by atoms with Crippen molar-refractivity contribution in [3.63, 3.8) is 0 Å². The van der Waals surface area contributed by atoms with E-state index in [4.69, 9.17) is 9.47 Å². The number of aromatic nitrogens is 1. The molecule has 0 saturated carbocycles. The molecule has 0 spiro atoms. The normalized spacial score (nSPS) is 27.1. The Bertz CT molecular complexity index is 1020. The number of rotatable bonds is 4. The number of fused-ring (bicyclic) bond motifs is 1. The minimum Gasteiger partial charge on any atom is -0.389 e. The molecule has 0 radical (unpaired) electrons. The lowest BCUT2D eigenvalue weighted by Crippen LogP contribution is -2.58. The van der Waals surface area contributed by atoms with Crippen LogP contribution in [0.5, 0.6) is 0 Å². The van der Waals surface area contributed by atoms with Crippen molar-refractivity contribution in [3.8, 4) is 0 Å². The standard InChI is InChI=1S/C27H34N4O5/c32-21-17-31(27(34)23-8-4-5-11-28-23)24-10-9-22(36-25(24)19-35-18-21)16-26(33)30-14-12-29(13-15-30)20-6-2-1-3-7-20/h1-8,11,21-22,24-25,32H,9-10,12-19H2/t21-,22-,24+,25-/m0/s1. The number of benzene rings is 1. The Hall–Kier alpha value is -3.01. The van der Waals surface area contributed by atoms with E-state index in [0.29, 0.717) is 38.0 Å². The number of hydrogen-bond acceptors (Lipinski definition) is 7. The molecule has 1 aromatic carbocycles. The van der Waals surface area contributed by atoms with Crippen molar-refractivity contribution in [2.24, 2.45) is 0 Å². The number of carbonyl (C=O) groups excluding carboxylic acids is 2. The van der Waals surface area contributed by atoms with Gasteiger partial charge in [-0.2, -0.15) is 0 Å². The third-order valence-corrected chi connectivity index (χ3v) is 7.28. The Labute approximate surface area is 211 Å². The van der Waals surface area contributed by atoms with Crippen molar-refractivity contribution in [3.05, 3.63) is 60.4 Å². The van der Waals surface area contributed by atoms with E-state index in [1.165, 1.54) is 5.69 Å². The number of para-hydroxylation sites is 1. The molecule has 4 heterocycles. The summed E-state index contributed by atoms with van der Waals surface area (Å²) in [6.45, 7) is 3.58. The topological polar surface area (TPSA) is 95.4 Å². The molecule has 3 saturated heterocycles. The highest BCUT2D eigenvalue weighted by molar-refractivity contribution is 5.92. The van der Waals surface area contributed by atoms with Crippen LogP contribution in [0.2, 0.25) is 0 Å². The Morgan fingerprint density at radius 1 is 0.972 bits per heavy atom. The van der Waals surface area contributed by atoms with Gasteiger partial charge in [-0.15, -0.1) is 0 Å². The highest BCUT2D eigenvalue weighted by Gasteiger charge is 2.40. The van der Waals surface area contributed by atoms with Crippen LogP contribution in [0.3, 0.4) is 0 Å². The summed E-state index contributed by atoms with van der Waals surface area (Å²) in [7, 11) is 0. The molecule has 3 aliphatic heterocycles. The van der Waals surface area contributed by atoms with Gasteiger partial charge in [0, 0.05) is 44.6 Å². The predicted molar refractivity (Wildman–Crippen MR) is 134 cm³/mol. The van der Waals surface area contributed by atoms with Gasteiger partial charge >= 0.3 is 0 Å². The molecule has 9 nitrogen and oxygen atoms in total. The van der Waals surface area contributed by atoms with Crippen molar-refractivity contribution in [1.82, 2.24) is 14.8 Å². The van der Waals surface area contributed by atoms with Gasteiger partial charge in [-0.05, 0) is 37.1 Å². The Morgan fingerprint density at radius 2 is 1.75 bits per heavy atom. The first-order valence-corrected chi connectivity index (χ1v) is 12.8. The molecule has 0 unspecified atom stereocenters. The predicted octanol–water partition coefficient (Wildman–Crippen LogP) is 1.57. The van der Waals surface area contributed by atoms with Crippen LogP contribution < -0.4 is 4.90 Å². The number of anilines is 1. The quantitative estimate of drug-likeness (QED) is 0.689. The van der Waals surface area contributed by atoms with Crippen molar-refractivity contribution in [2.75, 3.05) is 50.8 Å². The summed E-state index contributed by atoms with van der Waals surface area (Å²) in [5, 5.41) is 10.3. The maximum absolute atomic E-state index is 13.3. The van der Waals surface area contributed by atoms with Gasteiger partial charge in [0.2, 0.25) is 5.91 Å². The van der Waals surface area contributed by atoms with Gasteiger partial charge < -0.3 is 29.3 Å². The van der Waals surface area contributed by atoms with Crippen molar-refractivity contribution >= 4 is 17.5 Å². The Kier molecular flexibility index (Phi) is 7.79. The number of β-amino-alcohol motifs (C(OH)–C–C–N with tert-alkyl or cyclic N) is 1. The van der Waals surface area contributed by atoms with E-state index in [2.05, 4.69) is 22.0 Å². The van der Waals surface area contributed by atoms with Crippen molar-refractivity contribution in [2.45, 2.75) is 43.6 Å². The SMILES string of the molecule is O=C(C[C@@H]1CC[C@@H]2[C@H](COC[C@@H](O)CN2C(=O)c2ccccn2)O1)N1CCN(c2ccccc2)CC1. The van der Waals surface area contributed by atoms with Gasteiger partial charge in [-0.1, -0.05) is 24.3 Å². The summed E-state index contributed by atoms with van der Waals surface area (Å²) in [6, 6.07) is 15.3. The highest BCUT2D eigenvalue weighted by Crippen LogP contribution is 2.29. The maximum atomic E-state index is 13.3. The van der Waals surface area contributed by atoms with Crippen LogP contribution in [0.1, 0.15) is 29.8 Å². The van der Waals surface area contributed by atoms with Gasteiger partial charge in [-0.3, -0.25) is 14.6 Å². The van der Waals surface area contributed by atoms with Crippen LogP contribution in [0.4, 0.5) is 5.69 Å². The summed E-state index contributed by atoms with van der Waals surface area (Å²) in [6.07, 6.45) is 1.92. The largest absolute Gasteiger partial charge is 0.389 e. The highest BCUT2D eigenvalue weighted by atomic mass is 16.5. The molecule has 4 atom stereocenters. The number of amides is 2. The molecular formula is C27H34N4O5. The molecule has 3 fully saturated rings. The lowest BCUT2D eigenvalue weighted by molar-refractivity contribution is -0.155. The van der Waals surface area contributed by atoms with Crippen LogP contribution in [-0.2, 0) is 14.3 Å². The zero-order valence-corrected chi connectivity index (χ0v) is 20.4. The fourth-order valence-electron chi connectivity index (χ4n) is 5.39. The van der Waals surface area contributed by atoms with Crippen LogP contribution in [0.25, 0.3) is 0 Å². The van der Waals surface area contributed by atoms with E-state index in [-0.39, 0.29) is 49.8 Å². The summed E-state index contributed by atoms with van der Waals surface area (Å²) < 4.78 is 12.0. The first-order chi connectivity index (χ1) is 17.6. The molecule has 1 aromatic heterocycles. The number of nitrogens with zero attached hydrogens (tertiary/aromatic N) is 4. The summed E-state index contributed by atoms with van der Waals surface area (Å²) >= 11 is 0. The van der Waals surface area contributed by atoms with E-state index in [1.807, 2.05) is 23.1 Å². The van der Waals surface area contributed by atoms with Crippen LogP contribution in [0.15, 0.2) is 54.7 Å². The second-order valence-corrected chi connectivity index (χ2v) is 9.71. The third-order valence-electron chi connectivity index (χ3n) is 7.28. The van der Waals surface area contributed by atoms with Gasteiger partial charge in [-0.25, -0.2) is 0 Å². The molecule has 3 aliphatic rings. The lowest BCUT2D eigenvalue weighted by Gasteiger charge is -2.44. The molecule has 9 heteroatoms. The maximum Gasteiger partial charge on any atom is 0.272 e. The number of ether oxygens (including phenoxy) is 2. The molecule has 5 rings (SSSR count). The number of carbonyl (C=O) groups is 2. The smallest absolute Gasteiger partial charge is 0.272 e. The number of pyridine rings is 1. The second-order valence-electron chi connectivity index (χ2n) is 9.71. The second kappa shape index (κ2) is 11.4. The number of aliphatic hydroxyl groups is 1. The fraction of sp³-hybridized carbons (Fsp3) is 0.519. The molecule has 36 heavy (non-hydrogen) atoms. The fourth-order valence-corrected chi connectivity index (χ4v) is 5.39. The minimum absolute atomic E-state index is 0.106. The van der Waals surface area contributed by atoms with Crippen molar-refractivity contribution < 1.29 is 24.2 Å². The third kappa shape index (κ3) is 5.69. The van der Waals surface area contributed by atoms with Gasteiger partial charge in [0.1, 0.15) is 11.8 Å². The summed E-state index contributed by atoms with van der Waals surface area (Å²) in [5.41, 5.74) is 1.53. The Morgan fingerprint density at radius 3 is 2.50 bits per heavy atom.